The Bertz CT molecular complexity index is 484. The highest BCUT2D eigenvalue weighted by molar-refractivity contribution is 5.52. The van der Waals surface area contributed by atoms with Crippen LogP contribution < -0.4 is 10.2 Å². The maximum Gasteiger partial charge on any atom is 0.134 e. The maximum absolute atomic E-state index is 5.47. The van der Waals surface area contributed by atoms with Crippen molar-refractivity contribution in [1.29, 1.82) is 0 Å². The molecule has 1 aromatic rings. The highest BCUT2D eigenvalue weighted by atomic mass is 15.2. The van der Waals surface area contributed by atoms with Gasteiger partial charge in [-0.25, -0.2) is 4.98 Å². The summed E-state index contributed by atoms with van der Waals surface area (Å²) >= 11 is 0. The van der Waals surface area contributed by atoms with Crippen LogP contribution in [0.4, 0.5) is 5.82 Å². The molecule has 0 aromatic carbocycles. The van der Waals surface area contributed by atoms with E-state index >= 15 is 0 Å². The van der Waals surface area contributed by atoms with Crippen LogP contribution in [0.3, 0.4) is 0 Å². The summed E-state index contributed by atoms with van der Waals surface area (Å²) in [6, 6.07) is 2.85. The summed E-state index contributed by atoms with van der Waals surface area (Å²) in [6.07, 6.45) is 8.07. The molecule has 0 aliphatic heterocycles. The van der Waals surface area contributed by atoms with Crippen LogP contribution in [0.15, 0.2) is 6.07 Å². The first-order valence-electron chi connectivity index (χ1n) is 7.04. The smallest absolute Gasteiger partial charge is 0.134 e. The van der Waals surface area contributed by atoms with Crippen molar-refractivity contribution in [3.63, 3.8) is 0 Å². The number of aromatic nitrogens is 1. The summed E-state index contributed by atoms with van der Waals surface area (Å²) in [5.74, 6) is 3.77. The van der Waals surface area contributed by atoms with Crippen molar-refractivity contribution in [2.75, 3.05) is 18.0 Å². The summed E-state index contributed by atoms with van der Waals surface area (Å²) in [6.45, 7) is 8.71. The minimum absolute atomic E-state index is 0.614. The third-order valence-corrected chi connectivity index (χ3v) is 3.56. The molecule has 19 heavy (non-hydrogen) atoms. The van der Waals surface area contributed by atoms with Crippen LogP contribution in [0.5, 0.6) is 0 Å². The number of aryl methyl sites for hydroxylation is 2. The van der Waals surface area contributed by atoms with Crippen LogP contribution in [0.1, 0.15) is 36.6 Å². The Balaban J connectivity index is 2.28. The van der Waals surface area contributed by atoms with Gasteiger partial charge in [-0.3, -0.25) is 0 Å². The third-order valence-electron chi connectivity index (χ3n) is 3.56. The minimum atomic E-state index is 0.614. The molecule has 1 heterocycles. The van der Waals surface area contributed by atoms with Crippen LogP contribution in [-0.4, -0.2) is 24.1 Å². The molecular formula is C16H23N3. The van der Waals surface area contributed by atoms with E-state index in [0.717, 1.165) is 24.6 Å². The maximum atomic E-state index is 5.47. The van der Waals surface area contributed by atoms with Gasteiger partial charge in [-0.2, -0.15) is 0 Å². The summed E-state index contributed by atoms with van der Waals surface area (Å²) in [7, 11) is 0. The molecule has 1 saturated carbocycles. The molecule has 1 aliphatic rings. The summed E-state index contributed by atoms with van der Waals surface area (Å²) in [4.78, 5) is 6.88. The number of nitrogens with zero attached hydrogens (tertiary/aromatic N) is 2. The predicted octanol–water partition coefficient (Wildman–Crippen LogP) is 2.41. The molecule has 1 aliphatic carbocycles. The quantitative estimate of drug-likeness (QED) is 0.793. The van der Waals surface area contributed by atoms with E-state index in [0.29, 0.717) is 12.6 Å². The summed E-state index contributed by atoms with van der Waals surface area (Å²) in [5, 5.41) is 3.58. The van der Waals surface area contributed by atoms with Crippen LogP contribution in [0.25, 0.3) is 0 Å². The van der Waals surface area contributed by atoms with E-state index in [1.165, 1.54) is 24.0 Å². The fraction of sp³-hybridized carbons (Fsp3) is 0.562. The Hall–Kier alpha value is -1.53. The molecule has 0 atom stereocenters. The average Bonchev–Trinajstić information content (AvgIpc) is 3.18. The minimum Gasteiger partial charge on any atom is -0.345 e. The molecule has 3 heteroatoms. The normalized spacial score (nSPS) is 14.2. The Morgan fingerprint density at radius 3 is 2.79 bits per heavy atom. The topological polar surface area (TPSA) is 28.2 Å². The van der Waals surface area contributed by atoms with Crippen molar-refractivity contribution in [3.8, 4) is 12.3 Å². The zero-order valence-electron chi connectivity index (χ0n) is 12.2. The van der Waals surface area contributed by atoms with E-state index in [-0.39, 0.29) is 0 Å². The van der Waals surface area contributed by atoms with E-state index in [9.17, 15) is 0 Å². The number of rotatable bonds is 6. The number of hydrogen-bond donors (Lipinski definition) is 1. The molecule has 1 N–H and O–H groups in total. The Kier molecular flexibility index (Phi) is 4.44. The molecule has 2 rings (SSSR count). The molecule has 0 amide bonds. The number of anilines is 1. The van der Waals surface area contributed by atoms with Crippen molar-refractivity contribution in [1.82, 2.24) is 10.3 Å². The van der Waals surface area contributed by atoms with Crippen LogP contribution in [0.2, 0.25) is 0 Å². The molecule has 1 aromatic heterocycles. The first-order chi connectivity index (χ1) is 9.15. The molecule has 0 saturated heterocycles. The first-order valence-corrected chi connectivity index (χ1v) is 7.04. The van der Waals surface area contributed by atoms with Gasteiger partial charge in [0.2, 0.25) is 0 Å². The lowest BCUT2D eigenvalue weighted by atomic mass is 10.1. The van der Waals surface area contributed by atoms with Gasteiger partial charge in [0.25, 0.3) is 0 Å². The van der Waals surface area contributed by atoms with E-state index in [1.807, 2.05) is 6.92 Å². The van der Waals surface area contributed by atoms with E-state index < -0.39 is 0 Å². The lowest BCUT2D eigenvalue weighted by Gasteiger charge is -2.24. The number of hydrogen-bond acceptors (Lipinski definition) is 3. The van der Waals surface area contributed by atoms with Crippen LogP contribution in [-0.2, 0) is 6.54 Å². The molecule has 1 fully saturated rings. The van der Waals surface area contributed by atoms with Crippen molar-refractivity contribution < 1.29 is 0 Å². The van der Waals surface area contributed by atoms with Gasteiger partial charge in [0.05, 0.1) is 6.54 Å². The van der Waals surface area contributed by atoms with Crippen molar-refractivity contribution in [3.05, 3.63) is 22.9 Å². The second-order valence-corrected chi connectivity index (χ2v) is 5.26. The van der Waals surface area contributed by atoms with Gasteiger partial charge in [0, 0.05) is 30.4 Å². The molecule has 3 nitrogen and oxygen atoms in total. The molecule has 102 valence electrons. The molecule has 0 unspecified atom stereocenters. The predicted molar refractivity (Wildman–Crippen MR) is 80.3 cm³/mol. The van der Waals surface area contributed by atoms with Crippen LogP contribution in [0, 0.1) is 26.2 Å². The van der Waals surface area contributed by atoms with Gasteiger partial charge in [-0.1, -0.05) is 5.92 Å². The molecule has 0 spiro atoms. The van der Waals surface area contributed by atoms with Crippen LogP contribution >= 0.6 is 0 Å². The summed E-state index contributed by atoms with van der Waals surface area (Å²) in [5.41, 5.74) is 3.64. The first kappa shape index (κ1) is 13.9. The van der Waals surface area contributed by atoms with E-state index in [4.69, 9.17) is 11.4 Å². The van der Waals surface area contributed by atoms with E-state index in [2.05, 4.69) is 36.1 Å². The zero-order valence-corrected chi connectivity index (χ0v) is 12.2. The second-order valence-electron chi connectivity index (χ2n) is 5.26. The van der Waals surface area contributed by atoms with Crippen molar-refractivity contribution in [2.45, 2.75) is 46.2 Å². The highest BCUT2D eigenvalue weighted by Gasteiger charge is 2.22. The largest absolute Gasteiger partial charge is 0.345 e. The average molecular weight is 257 g/mol. The monoisotopic (exact) mass is 257 g/mol. The Morgan fingerprint density at radius 2 is 2.21 bits per heavy atom. The van der Waals surface area contributed by atoms with Gasteiger partial charge in [-0.15, -0.1) is 6.42 Å². The van der Waals surface area contributed by atoms with Crippen molar-refractivity contribution in [2.24, 2.45) is 0 Å². The van der Waals surface area contributed by atoms with Gasteiger partial charge < -0.3 is 10.2 Å². The second kappa shape index (κ2) is 6.08. The van der Waals surface area contributed by atoms with Gasteiger partial charge in [-0.05, 0) is 45.2 Å². The lowest BCUT2D eigenvalue weighted by Crippen LogP contribution is -2.27. The standard InChI is InChI=1S/C16H23N3/c1-5-9-19(6-2)16-15(11-17-14-7-8-14)12(3)10-13(4)18-16/h1,10,14,17H,6-9,11H2,2-4H3. The highest BCUT2D eigenvalue weighted by Crippen LogP contribution is 2.25. The third kappa shape index (κ3) is 3.48. The van der Waals surface area contributed by atoms with E-state index in [1.54, 1.807) is 0 Å². The molecule has 0 bridgehead atoms. The summed E-state index contributed by atoms with van der Waals surface area (Å²) < 4.78 is 0. The fourth-order valence-electron chi connectivity index (χ4n) is 2.30. The van der Waals surface area contributed by atoms with Gasteiger partial charge >= 0.3 is 0 Å². The number of nitrogens with one attached hydrogen (secondary N) is 1. The lowest BCUT2D eigenvalue weighted by molar-refractivity contribution is 0.679. The van der Waals surface area contributed by atoms with Crippen molar-refractivity contribution >= 4 is 5.82 Å². The van der Waals surface area contributed by atoms with Gasteiger partial charge in [0.1, 0.15) is 5.82 Å². The zero-order chi connectivity index (χ0) is 13.8. The Morgan fingerprint density at radius 1 is 1.47 bits per heavy atom. The number of pyridine rings is 1. The fourth-order valence-corrected chi connectivity index (χ4v) is 2.30. The molecular weight excluding hydrogens is 234 g/mol. The molecule has 0 radical (unpaired) electrons. The SMILES string of the molecule is C#CCN(CC)c1nc(C)cc(C)c1CNC1CC1. The Labute approximate surface area is 116 Å². The van der Waals surface area contributed by atoms with Gasteiger partial charge in [0.15, 0.2) is 0 Å². The number of terminal acetylenes is 1.